The Morgan fingerprint density at radius 3 is 2.72 bits per heavy atom. The van der Waals surface area contributed by atoms with Crippen LogP contribution < -0.4 is 0 Å². The van der Waals surface area contributed by atoms with Crippen molar-refractivity contribution in [3.63, 3.8) is 0 Å². The number of aromatic nitrogens is 3. The first-order chi connectivity index (χ1) is 14.3. The fourth-order valence-electron chi connectivity index (χ4n) is 5.17. The summed E-state index contributed by atoms with van der Waals surface area (Å²) in [5.74, 6) is 1.02. The summed E-state index contributed by atoms with van der Waals surface area (Å²) in [6.07, 6.45) is 9.40. The van der Waals surface area contributed by atoms with Gasteiger partial charge in [0, 0.05) is 54.2 Å². The number of nitrogens with zero attached hydrogens (tertiary/aromatic N) is 4. The average molecular weight is 380 g/mol. The molecule has 0 bridgehead atoms. The van der Waals surface area contributed by atoms with Crippen molar-refractivity contribution in [2.75, 3.05) is 6.54 Å². The Kier molecular flexibility index (Phi) is 3.81. The highest BCUT2D eigenvalue weighted by molar-refractivity contribution is 5.88. The minimum atomic E-state index is 0.683. The van der Waals surface area contributed by atoms with Gasteiger partial charge in [-0.15, -0.1) is 0 Å². The van der Waals surface area contributed by atoms with E-state index in [4.69, 9.17) is 4.98 Å². The molecule has 0 radical (unpaired) electrons. The van der Waals surface area contributed by atoms with Crippen LogP contribution in [0.2, 0.25) is 0 Å². The zero-order valence-corrected chi connectivity index (χ0v) is 16.7. The second-order valence-electron chi connectivity index (χ2n) is 8.39. The highest BCUT2D eigenvalue weighted by Crippen LogP contribution is 2.38. The largest absolute Gasteiger partial charge is 0.298 e. The molecule has 2 aliphatic heterocycles. The Balaban J connectivity index is 1.51. The molecule has 1 aromatic carbocycles. The van der Waals surface area contributed by atoms with Gasteiger partial charge in [-0.25, -0.2) is 4.98 Å². The number of hydrogen-bond acceptors (Lipinski definition) is 3. The Labute approximate surface area is 170 Å². The minimum absolute atomic E-state index is 0.683. The predicted molar refractivity (Wildman–Crippen MR) is 116 cm³/mol. The van der Waals surface area contributed by atoms with Gasteiger partial charge in [-0.2, -0.15) is 0 Å². The van der Waals surface area contributed by atoms with Crippen molar-refractivity contribution in [2.24, 2.45) is 0 Å². The third-order valence-electron chi connectivity index (χ3n) is 6.62. The number of hydrogen-bond donors (Lipinski definition) is 0. The summed E-state index contributed by atoms with van der Waals surface area (Å²) in [7, 11) is 0. The van der Waals surface area contributed by atoms with Crippen molar-refractivity contribution in [2.45, 2.75) is 38.8 Å². The standard InChI is InChI=1S/C25H24N4/c1-17-4-6-23-21(13-17)22-16-28-12-2-3-20(28)14-24(22)29(23)25-7-5-19(15-27-25)18-8-10-26-11-9-18/h4-11,13,15,20H,2-3,12,14,16H2,1H3. The van der Waals surface area contributed by atoms with Crippen molar-refractivity contribution >= 4 is 10.9 Å². The van der Waals surface area contributed by atoms with Gasteiger partial charge in [0.05, 0.1) is 5.52 Å². The molecule has 3 aromatic heterocycles. The van der Waals surface area contributed by atoms with Crippen LogP contribution in [0.15, 0.2) is 61.1 Å². The maximum absolute atomic E-state index is 4.89. The Morgan fingerprint density at radius 1 is 1.00 bits per heavy atom. The number of pyridine rings is 2. The van der Waals surface area contributed by atoms with E-state index in [2.05, 4.69) is 51.7 Å². The number of rotatable bonds is 2. The van der Waals surface area contributed by atoms with Gasteiger partial charge in [0.25, 0.3) is 0 Å². The quantitative estimate of drug-likeness (QED) is 0.495. The summed E-state index contributed by atoms with van der Waals surface area (Å²) in [6, 6.07) is 15.9. The van der Waals surface area contributed by atoms with Crippen molar-refractivity contribution in [3.05, 3.63) is 77.9 Å². The van der Waals surface area contributed by atoms with Crippen molar-refractivity contribution in [1.82, 2.24) is 19.4 Å². The predicted octanol–water partition coefficient (Wildman–Crippen LogP) is 4.92. The first kappa shape index (κ1) is 16.9. The third-order valence-corrected chi connectivity index (χ3v) is 6.62. The first-order valence-corrected chi connectivity index (χ1v) is 10.5. The molecule has 1 unspecified atom stereocenters. The molecule has 4 nitrogen and oxygen atoms in total. The molecule has 1 saturated heterocycles. The van der Waals surface area contributed by atoms with E-state index in [0.29, 0.717) is 6.04 Å². The molecule has 6 rings (SSSR count). The Morgan fingerprint density at radius 2 is 1.90 bits per heavy atom. The highest BCUT2D eigenvalue weighted by Gasteiger charge is 2.34. The summed E-state index contributed by atoms with van der Waals surface area (Å²) in [6.45, 7) is 4.50. The number of fused-ring (bicyclic) bond motifs is 4. The second-order valence-corrected chi connectivity index (χ2v) is 8.39. The van der Waals surface area contributed by atoms with E-state index < -0.39 is 0 Å². The lowest BCUT2D eigenvalue weighted by molar-refractivity contribution is 0.226. The number of benzene rings is 1. The van der Waals surface area contributed by atoms with E-state index in [1.807, 2.05) is 30.7 Å². The van der Waals surface area contributed by atoms with Gasteiger partial charge in [-0.1, -0.05) is 11.6 Å². The minimum Gasteiger partial charge on any atom is -0.298 e. The summed E-state index contributed by atoms with van der Waals surface area (Å²) in [4.78, 5) is 11.7. The molecule has 0 spiro atoms. The van der Waals surface area contributed by atoms with Crippen LogP contribution in [0.4, 0.5) is 0 Å². The van der Waals surface area contributed by atoms with E-state index in [9.17, 15) is 0 Å². The molecular formula is C25H24N4. The third kappa shape index (κ3) is 2.70. The van der Waals surface area contributed by atoms with Crippen LogP contribution in [0, 0.1) is 6.92 Å². The highest BCUT2D eigenvalue weighted by atomic mass is 15.2. The van der Waals surface area contributed by atoms with Crippen LogP contribution >= 0.6 is 0 Å². The maximum Gasteiger partial charge on any atom is 0.137 e. The SMILES string of the molecule is Cc1ccc2c(c1)c1c(n2-c2ccc(-c3ccncc3)cn2)CC2CCCN2C1. The Bertz CT molecular complexity index is 1190. The van der Waals surface area contributed by atoms with Crippen LogP contribution in [0.3, 0.4) is 0 Å². The molecule has 5 heterocycles. The summed E-state index contributed by atoms with van der Waals surface area (Å²) in [5, 5.41) is 1.39. The first-order valence-electron chi connectivity index (χ1n) is 10.5. The maximum atomic E-state index is 4.89. The van der Waals surface area contributed by atoms with Crippen LogP contribution in [-0.2, 0) is 13.0 Å². The van der Waals surface area contributed by atoms with Gasteiger partial charge < -0.3 is 0 Å². The van der Waals surface area contributed by atoms with Crippen LogP contribution in [0.5, 0.6) is 0 Å². The van der Waals surface area contributed by atoms with Crippen molar-refractivity contribution in [3.8, 4) is 16.9 Å². The van der Waals surface area contributed by atoms with Gasteiger partial charge in [0.1, 0.15) is 5.82 Å². The van der Waals surface area contributed by atoms with E-state index in [1.165, 1.54) is 47.1 Å². The second kappa shape index (κ2) is 6.53. The topological polar surface area (TPSA) is 34.0 Å². The molecule has 0 aliphatic carbocycles. The fourth-order valence-corrected chi connectivity index (χ4v) is 5.17. The van der Waals surface area contributed by atoms with Gasteiger partial charge in [-0.05, 0) is 73.8 Å². The molecule has 0 N–H and O–H groups in total. The molecule has 4 heteroatoms. The fraction of sp³-hybridized carbons (Fsp3) is 0.280. The van der Waals surface area contributed by atoms with Crippen molar-refractivity contribution < 1.29 is 0 Å². The van der Waals surface area contributed by atoms with E-state index in [-0.39, 0.29) is 0 Å². The van der Waals surface area contributed by atoms with Crippen LogP contribution in [0.25, 0.3) is 27.8 Å². The van der Waals surface area contributed by atoms with Crippen LogP contribution in [-0.4, -0.2) is 32.0 Å². The number of aryl methyl sites for hydroxylation is 1. The zero-order chi connectivity index (χ0) is 19.4. The molecule has 1 fully saturated rings. The smallest absolute Gasteiger partial charge is 0.137 e. The summed E-state index contributed by atoms with van der Waals surface area (Å²) < 4.78 is 2.41. The lowest BCUT2D eigenvalue weighted by Gasteiger charge is -2.30. The molecular weight excluding hydrogens is 356 g/mol. The van der Waals surface area contributed by atoms with Gasteiger partial charge in [0.2, 0.25) is 0 Å². The monoisotopic (exact) mass is 380 g/mol. The molecule has 0 saturated carbocycles. The van der Waals surface area contributed by atoms with E-state index in [1.54, 1.807) is 0 Å². The lowest BCUT2D eigenvalue weighted by atomic mass is 9.98. The zero-order valence-electron chi connectivity index (χ0n) is 16.7. The van der Waals surface area contributed by atoms with Crippen molar-refractivity contribution in [1.29, 1.82) is 0 Å². The molecule has 144 valence electrons. The normalized spacial score (nSPS) is 18.7. The molecule has 0 amide bonds. The molecule has 2 aliphatic rings. The lowest BCUT2D eigenvalue weighted by Crippen LogP contribution is -2.35. The molecule has 1 atom stereocenters. The molecule has 4 aromatic rings. The van der Waals surface area contributed by atoms with E-state index in [0.717, 1.165) is 29.9 Å². The molecule has 29 heavy (non-hydrogen) atoms. The van der Waals surface area contributed by atoms with Gasteiger partial charge >= 0.3 is 0 Å². The van der Waals surface area contributed by atoms with Gasteiger partial charge in [-0.3, -0.25) is 14.5 Å². The van der Waals surface area contributed by atoms with Crippen LogP contribution in [0.1, 0.15) is 29.7 Å². The van der Waals surface area contributed by atoms with Gasteiger partial charge in [0.15, 0.2) is 0 Å². The average Bonchev–Trinajstić information content (AvgIpc) is 3.34. The summed E-state index contributed by atoms with van der Waals surface area (Å²) >= 11 is 0. The summed E-state index contributed by atoms with van der Waals surface area (Å²) in [5.41, 5.74) is 7.84. The van der Waals surface area contributed by atoms with E-state index >= 15 is 0 Å². The Hall–Kier alpha value is -2.98.